The van der Waals surface area contributed by atoms with Crippen molar-refractivity contribution < 1.29 is 0 Å². The van der Waals surface area contributed by atoms with Crippen LogP contribution in [0.15, 0.2) is 59.6 Å². The number of nitrogens with zero attached hydrogens (tertiary/aromatic N) is 2. The first-order valence-electron chi connectivity index (χ1n) is 6.49. The summed E-state index contributed by atoms with van der Waals surface area (Å²) < 4.78 is 0. The predicted molar refractivity (Wildman–Crippen MR) is 78.1 cm³/mol. The molecule has 0 saturated heterocycles. The number of para-hydroxylation sites is 1. The van der Waals surface area contributed by atoms with Crippen molar-refractivity contribution >= 4 is 11.6 Å². The van der Waals surface area contributed by atoms with Gasteiger partial charge in [0.25, 0.3) is 0 Å². The summed E-state index contributed by atoms with van der Waals surface area (Å²) in [4.78, 5) is 6.63. The van der Waals surface area contributed by atoms with Crippen LogP contribution in [0.4, 0.5) is 5.69 Å². The van der Waals surface area contributed by atoms with Crippen LogP contribution in [0.25, 0.3) is 0 Å². The Hall–Kier alpha value is -2.29. The number of guanidine groups is 1. The van der Waals surface area contributed by atoms with Crippen molar-refractivity contribution in [1.29, 1.82) is 0 Å². The third-order valence-corrected chi connectivity index (χ3v) is 3.61. The van der Waals surface area contributed by atoms with E-state index in [1.165, 1.54) is 11.1 Å². The lowest BCUT2D eigenvalue weighted by molar-refractivity contribution is 0.321. The highest BCUT2D eigenvalue weighted by Gasteiger charge is 2.22. The maximum atomic E-state index is 6.11. The molecular formula is C16H17N3. The molecular weight excluding hydrogens is 234 g/mol. The van der Waals surface area contributed by atoms with Crippen LogP contribution >= 0.6 is 0 Å². The highest BCUT2D eigenvalue weighted by Crippen LogP contribution is 2.30. The van der Waals surface area contributed by atoms with Crippen molar-refractivity contribution in [3.05, 3.63) is 65.7 Å². The Morgan fingerprint density at radius 2 is 1.74 bits per heavy atom. The molecule has 0 aliphatic carbocycles. The number of rotatable bonds is 2. The second kappa shape index (κ2) is 4.76. The van der Waals surface area contributed by atoms with Gasteiger partial charge in [-0.3, -0.25) is 0 Å². The summed E-state index contributed by atoms with van der Waals surface area (Å²) in [5.41, 5.74) is 9.56. The van der Waals surface area contributed by atoms with Gasteiger partial charge < -0.3 is 10.6 Å². The standard InChI is InChI=1S/C16H17N3/c1-12(13-7-3-2-4-8-13)19-11-14-9-5-6-10-15(14)18-16(19)17/h2-10,12H,11H2,1H3,(H2,17,18)/t12-/m0/s1. The van der Waals surface area contributed by atoms with E-state index in [-0.39, 0.29) is 6.04 Å². The van der Waals surface area contributed by atoms with Gasteiger partial charge >= 0.3 is 0 Å². The Morgan fingerprint density at radius 3 is 2.53 bits per heavy atom. The van der Waals surface area contributed by atoms with E-state index in [9.17, 15) is 0 Å². The third-order valence-electron chi connectivity index (χ3n) is 3.61. The number of hydrogen-bond donors (Lipinski definition) is 1. The van der Waals surface area contributed by atoms with Gasteiger partial charge in [0, 0.05) is 6.54 Å². The zero-order chi connectivity index (χ0) is 13.2. The Labute approximate surface area is 113 Å². The molecule has 3 heteroatoms. The molecule has 3 rings (SSSR count). The lowest BCUT2D eigenvalue weighted by Crippen LogP contribution is -2.40. The summed E-state index contributed by atoms with van der Waals surface area (Å²) >= 11 is 0. The van der Waals surface area contributed by atoms with Gasteiger partial charge in [-0.25, -0.2) is 4.99 Å². The Balaban J connectivity index is 1.92. The van der Waals surface area contributed by atoms with Gasteiger partial charge in [0.15, 0.2) is 5.96 Å². The number of fused-ring (bicyclic) bond motifs is 1. The minimum atomic E-state index is 0.221. The van der Waals surface area contributed by atoms with Crippen molar-refractivity contribution in [3.8, 4) is 0 Å². The molecule has 2 N–H and O–H groups in total. The summed E-state index contributed by atoms with van der Waals surface area (Å²) in [6.07, 6.45) is 0. The summed E-state index contributed by atoms with van der Waals surface area (Å²) in [5.74, 6) is 0.593. The molecule has 0 bridgehead atoms. The van der Waals surface area contributed by atoms with E-state index >= 15 is 0 Å². The summed E-state index contributed by atoms with van der Waals surface area (Å²) in [6, 6.07) is 18.7. The normalized spacial score (nSPS) is 15.6. The highest BCUT2D eigenvalue weighted by molar-refractivity contribution is 5.83. The van der Waals surface area contributed by atoms with Crippen LogP contribution in [0.1, 0.15) is 24.1 Å². The van der Waals surface area contributed by atoms with Crippen LogP contribution in [0.3, 0.4) is 0 Å². The number of nitrogens with two attached hydrogens (primary N) is 1. The minimum Gasteiger partial charge on any atom is -0.369 e. The smallest absolute Gasteiger partial charge is 0.197 e. The average Bonchev–Trinajstić information content (AvgIpc) is 2.47. The lowest BCUT2D eigenvalue weighted by Gasteiger charge is -2.33. The van der Waals surface area contributed by atoms with Crippen LogP contribution in [0.2, 0.25) is 0 Å². The van der Waals surface area contributed by atoms with Crippen LogP contribution in [-0.4, -0.2) is 10.9 Å². The van der Waals surface area contributed by atoms with E-state index in [2.05, 4.69) is 47.1 Å². The molecule has 1 atom stereocenters. The van der Waals surface area contributed by atoms with Gasteiger partial charge in [-0.05, 0) is 24.1 Å². The Morgan fingerprint density at radius 1 is 1.05 bits per heavy atom. The fourth-order valence-corrected chi connectivity index (χ4v) is 2.45. The van der Waals surface area contributed by atoms with E-state index in [1.807, 2.05) is 24.3 Å². The van der Waals surface area contributed by atoms with Crippen LogP contribution in [-0.2, 0) is 6.54 Å². The zero-order valence-corrected chi connectivity index (χ0v) is 11.0. The molecule has 0 radical (unpaired) electrons. The van der Waals surface area contributed by atoms with Crippen molar-refractivity contribution in [1.82, 2.24) is 4.90 Å². The molecule has 1 aliphatic rings. The van der Waals surface area contributed by atoms with E-state index < -0.39 is 0 Å². The van der Waals surface area contributed by atoms with E-state index in [1.54, 1.807) is 0 Å². The van der Waals surface area contributed by atoms with Crippen LogP contribution < -0.4 is 5.73 Å². The van der Waals surface area contributed by atoms with Gasteiger partial charge in [0.1, 0.15) is 0 Å². The van der Waals surface area contributed by atoms with Gasteiger partial charge in [0.05, 0.1) is 11.7 Å². The molecule has 0 amide bonds. The Bertz CT molecular complexity index is 604. The molecule has 3 nitrogen and oxygen atoms in total. The van der Waals surface area contributed by atoms with Gasteiger partial charge in [-0.1, -0.05) is 48.5 Å². The van der Waals surface area contributed by atoms with E-state index in [0.29, 0.717) is 5.96 Å². The quantitative estimate of drug-likeness (QED) is 0.890. The topological polar surface area (TPSA) is 41.6 Å². The molecule has 96 valence electrons. The Kier molecular flexibility index (Phi) is 2.95. The molecule has 1 aliphatic heterocycles. The lowest BCUT2D eigenvalue weighted by atomic mass is 10.0. The van der Waals surface area contributed by atoms with Crippen LogP contribution in [0, 0.1) is 0 Å². The molecule has 0 unspecified atom stereocenters. The van der Waals surface area contributed by atoms with Crippen molar-refractivity contribution in [3.63, 3.8) is 0 Å². The first kappa shape index (κ1) is 11.8. The fraction of sp³-hybridized carbons (Fsp3) is 0.188. The largest absolute Gasteiger partial charge is 0.369 e. The number of hydrogen-bond acceptors (Lipinski definition) is 3. The SMILES string of the molecule is C[C@@H](c1ccccc1)N1Cc2ccccc2N=C1N. The minimum absolute atomic E-state index is 0.221. The second-order valence-electron chi connectivity index (χ2n) is 4.81. The first-order valence-corrected chi connectivity index (χ1v) is 6.49. The molecule has 0 spiro atoms. The highest BCUT2D eigenvalue weighted by atomic mass is 15.3. The van der Waals surface area contributed by atoms with Crippen LogP contribution in [0.5, 0.6) is 0 Å². The molecule has 2 aromatic rings. The van der Waals surface area contributed by atoms with Gasteiger partial charge in [0.2, 0.25) is 0 Å². The number of benzene rings is 2. The molecule has 0 fully saturated rings. The van der Waals surface area contributed by atoms with Crippen molar-refractivity contribution in [2.24, 2.45) is 10.7 Å². The van der Waals surface area contributed by atoms with E-state index in [4.69, 9.17) is 5.73 Å². The zero-order valence-electron chi connectivity index (χ0n) is 11.0. The summed E-state index contributed by atoms with van der Waals surface area (Å²) in [6.45, 7) is 2.97. The molecule has 1 heterocycles. The van der Waals surface area contributed by atoms with E-state index in [0.717, 1.165) is 12.2 Å². The molecule has 2 aromatic carbocycles. The summed E-state index contributed by atoms with van der Waals surface area (Å²) in [7, 11) is 0. The molecule has 19 heavy (non-hydrogen) atoms. The first-order chi connectivity index (χ1) is 9.25. The second-order valence-corrected chi connectivity index (χ2v) is 4.81. The number of aliphatic imine (C=N–C) groups is 1. The average molecular weight is 251 g/mol. The maximum absolute atomic E-state index is 6.11. The van der Waals surface area contributed by atoms with Gasteiger partial charge in [-0.2, -0.15) is 0 Å². The predicted octanol–water partition coefficient (Wildman–Crippen LogP) is 3.21. The van der Waals surface area contributed by atoms with Crippen molar-refractivity contribution in [2.45, 2.75) is 19.5 Å². The fourth-order valence-electron chi connectivity index (χ4n) is 2.45. The summed E-state index contributed by atoms with van der Waals surface area (Å²) in [5, 5.41) is 0. The molecule has 0 saturated carbocycles. The van der Waals surface area contributed by atoms with Crippen molar-refractivity contribution in [2.75, 3.05) is 0 Å². The maximum Gasteiger partial charge on any atom is 0.197 e. The monoisotopic (exact) mass is 251 g/mol. The molecule has 0 aromatic heterocycles. The third kappa shape index (κ3) is 2.19. The van der Waals surface area contributed by atoms with Gasteiger partial charge in [-0.15, -0.1) is 0 Å².